The Balaban J connectivity index is 1.50. The molecule has 0 unspecified atom stereocenters. The highest BCUT2D eigenvalue weighted by molar-refractivity contribution is 6.32. The minimum atomic E-state index is -0.214. The summed E-state index contributed by atoms with van der Waals surface area (Å²) in [6.07, 6.45) is 6.24. The van der Waals surface area contributed by atoms with Gasteiger partial charge in [-0.05, 0) is 57.2 Å². The molecule has 1 aromatic rings. The van der Waals surface area contributed by atoms with Gasteiger partial charge in [-0.3, -0.25) is 9.69 Å². The SMILES string of the molecule is Cc1ccc(F)c(CN2CCC[C@]3(CCC(=O)N(C4CC4)C3)C2)c1Cl. The average molecular weight is 365 g/mol. The molecular weight excluding hydrogens is 339 g/mol. The lowest BCUT2D eigenvalue weighted by Gasteiger charge is -2.48. The van der Waals surface area contributed by atoms with E-state index < -0.39 is 0 Å². The van der Waals surface area contributed by atoms with Gasteiger partial charge in [0.05, 0.1) is 5.02 Å². The molecule has 136 valence electrons. The quantitative estimate of drug-likeness (QED) is 0.804. The van der Waals surface area contributed by atoms with Gasteiger partial charge in [0.25, 0.3) is 0 Å². The molecule has 2 saturated heterocycles. The molecular formula is C20H26ClFN2O. The molecule has 1 aromatic carbocycles. The third-order valence-electron chi connectivity index (χ3n) is 6.18. The zero-order valence-electron chi connectivity index (χ0n) is 14.9. The Bertz CT molecular complexity index is 691. The van der Waals surface area contributed by atoms with Crippen molar-refractivity contribution in [3.63, 3.8) is 0 Å². The first kappa shape index (κ1) is 17.3. The van der Waals surface area contributed by atoms with Crippen molar-refractivity contribution in [2.24, 2.45) is 5.41 Å². The lowest BCUT2D eigenvalue weighted by atomic mass is 9.73. The summed E-state index contributed by atoms with van der Waals surface area (Å²) in [5.41, 5.74) is 1.72. The van der Waals surface area contributed by atoms with E-state index in [1.807, 2.05) is 6.92 Å². The Morgan fingerprint density at radius 1 is 1.28 bits per heavy atom. The minimum Gasteiger partial charge on any atom is -0.339 e. The number of halogens is 2. The molecule has 4 rings (SSSR count). The second-order valence-corrected chi connectivity index (χ2v) is 8.60. The zero-order chi connectivity index (χ0) is 17.6. The maximum atomic E-state index is 14.3. The first-order valence-corrected chi connectivity index (χ1v) is 9.81. The number of piperidine rings is 2. The number of rotatable bonds is 3. The van der Waals surface area contributed by atoms with Gasteiger partial charge in [-0.1, -0.05) is 17.7 Å². The number of hydrogen-bond acceptors (Lipinski definition) is 2. The van der Waals surface area contributed by atoms with Crippen LogP contribution in [-0.4, -0.2) is 41.4 Å². The molecule has 5 heteroatoms. The Morgan fingerprint density at radius 2 is 2.08 bits per heavy atom. The van der Waals surface area contributed by atoms with Crippen molar-refractivity contribution < 1.29 is 9.18 Å². The highest BCUT2D eigenvalue weighted by atomic mass is 35.5. The summed E-state index contributed by atoms with van der Waals surface area (Å²) in [5.74, 6) is 0.117. The van der Waals surface area contributed by atoms with Crippen LogP contribution in [0.5, 0.6) is 0 Å². The van der Waals surface area contributed by atoms with Gasteiger partial charge >= 0.3 is 0 Å². The van der Waals surface area contributed by atoms with E-state index in [1.54, 1.807) is 6.07 Å². The zero-order valence-corrected chi connectivity index (χ0v) is 15.6. The number of aryl methyl sites for hydroxylation is 1. The van der Waals surface area contributed by atoms with E-state index in [4.69, 9.17) is 11.6 Å². The molecule has 1 atom stereocenters. The molecule has 3 aliphatic rings. The number of amides is 1. The molecule has 1 aliphatic carbocycles. The number of carbonyl (C=O) groups excluding carboxylic acids is 1. The standard InChI is InChI=1S/C20H26ClFN2O/c1-14-3-6-17(22)16(19(14)21)11-23-10-2-8-20(12-23)9-7-18(25)24(13-20)15-4-5-15/h3,6,15H,2,4-5,7-13H2,1H3/t20-/m0/s1. The van der Waals surface area contributed by atoms with Gasteiger partial charge in [0, 0.05) is 43.1 Å². The Labute approximate surface area is 154 Å². The predicted molar refractivity (Wildman–Crippen MR) is 97.1 cm³/mol. The van der Waals surface area contributed by atoms with Crippen LogP contribution in [-0.2, 0) is 11.3 Å². The van der Waals surface area contributed by atoms with Gasteiger partial charge in [-0.15, -0.1) is 0 Å². The molecule has 2 aliphatic heterocycles. The second-order valence-electron chi connectivity index (χ2n) is 8.22. The topological polar surface area (TPSA) is 23.6 Å². The van der Waals surface area contributed by atoms with E-state index in [0.29, 0.717) is 35.5 Å². The second kappa shape index (κ2) is 6.55. The van der Waals surface area contributed by atoms with E-state index in [-0.39, 0.29) is 11.2 Å². The van der Waals surface area contributed by atoms with Gasteiger partial charge in [-0.25, -0.2) is 4.39 Å². The van der Waals surface area contributed by atoms with Crippen molar-refractivity contribution in [2.45, 2.75) is 58.0 Å². The van der Waals surface area contributed by atoms with Crippen LogP contribution in [0.2, 0.25) is 5.02 Å². The smallest absolute Gasteiger partial charge is 0.222 e. The van der Waals surface area contributed by atoms with Gasteiger partial charge in [-0.2, -0.15) is 0 Å². The monoisotopic (exact) mass is 364 g/mol. The van der Waals surface area contributed by atoms with E-state index in [0.717, 1.165) is 50.9 Å². The predicted octanol–water partition coefficient (Wildman–Crippen LogP) is 4.15. The molecule has 1 spiro atoms. The van der Waals surface area contributed by atoms with Crippen molar-refractivity contribution in [2.75, 3.05) is 19.6 Å². The molecule has 0 N–H and O–H groups in total. The summed E-state index contributed by atoms with van der Waals surface area (Å²) in [4.78, 5) is 16.7. The first-order valence-electron chi connectivity index (χ1n) is 9.43. The van der Waals surface area contributed by atoms with Crippen LogP contribution in [0.25, 0.3) is 0 Å². The summed E-state index contributed by atoms with van der Waals surface area (Å²) in [6, 6.07) is 3.74. The maximum absolute atomic E-state index is 14.3. The summed E-state index contributed by atoms with van der Waals surface area (Å²) >= 11 is 6.37. The Kier molecular flexibility index (Phi) is 4.53. The number of likely N-dealkylation sites (tertiary alicyclic amines) is 2. The van der Waals surface area contributed by atoms with Crippen molar-refractivity contribution in [3.05, 3.63) is 34.1 Å². The van der Waals surface area contributed by atoms with Crippen LogP contribution in [0.4, 0.5) is 4.39 Å². The minimum absolute atomic E-state index is 0.182. The number of nitrogens with zero attached hydrogens (tertiary/aromatic N) is 2. The van der Waals surface area contributed by atoms with Crippen LogP contribution in [0, 0.1) is 18.2 Å². The summed E-state index contributed by atoms with van der Waals surface area (Å²) < 4.78 is 14.3. The van der Waals surface area contributed by atoms with Crippen LogP contribution in [0.3, 0.4) is 0 Å². The van der Waals surface area contributed by atoms with Crippen molar-refractivity contribution in [1.29, 1.82) is 0 Å². The van der Waals surface area contributed by atoms with Crippen LogP contribution in [0.1, 0.15) is 49.7 Å². The summed E-state index contributed by atoms with van der Waals surface area (Å²) in [7, 11) is 0. The molecule has 1 amide bonds. The average Bonchev–Trinajstić information content (AvgIpc) is 3.43. The molecule has 2 heterocycles. The number of benzene rings is 1. The van der Waals surface area contributed by atoms with E-state index in [1.165, 1.54) is 12.5 Å². The molecule has 0 aromatic heterocycles. The molecule has 0 bridgehead atoms. The highest BCUT2D eigenvalue weighted by Gasteiger charge is 2.45. The lowest BCUT2D eigenvalue weighted by Crippen LogP contribution is -2.54. The fourth-order valence-electron chi connectivity index (χ4n) is 4.62. The fraction of sp³-hybridized carbons (Fsp3) is 0.650. The van der Waals surface area contributed by atoms with Gasteiger partial charge in [0.15, 0.2) is 0 Å². The molecule has 25 heavy (non-hydrogen) atoms. The third-order valence-corrected chi connectivity index (χ3v) is 6.71. The van der Waals surface area contributed by atoms with Gasteiger partial charge in [0.2, 0.25) is 5.91 Å². The van der Waals surface area contributed by atoms with Gasteiger partial charge in [0.1, 0.15) is 5.82 Å². The molecule has 0 radical (unpaired) electrons. The normalized spacial score (nSPS) is 28.0. The van der Waals surface area contributed by atoms with E-state index in [9.17, 15) is 9.18 Å². The van der Waals surface area contributed by atoms with E-state index >= 15 is 0 Å². The van der Waals surface area contributed by atoms with Crippen LogP contribution >= 0.6 is 11.6 Å². The fourth-order valence-corrected chi connectivity index (χ4v) is 4.84. The number of hydrogen-bond donors (Lipinski definition) is 0. The molecule has 3 fully saturated rings. The molecule has 3 nitrogen and oxygen atoms in total. The lowest BCUT2D eigenvalue weighted by molar-refractivity contribution is -0.140. The van der Waals surface area contributed by atoms with Crippen LogP contribution < -0.4 is 0 Å². The molecule has 1 saturated carbocycles. The summed E-state index contributed by atoms with van der Waals surface area (Å²) in [5, 5.41) is 0.554. The first-order chi connectivity index (χ1) is 12.0. The van der Waals surface area contributed by atoms with Gasteiger partial charge < -0.3 is 4.90 Å². The Hall–Kier alpha value is -1.13. The van der Waals surface area contributed by atoms with Crippen molar-refractivity contribution >= 4 is 17.5 Å². The van der Waals surface area contributed by atoms with Crippen molar-refractivity contribution in [3.8, 4) is 0 Å². The summed E-state index contributed by atoms with van der Waals surface area (Å²) in [6.45, 7) is 5.28. The maximum Gasteiger partial charge on any atom is 0.222 e. The largest absolute Gasteiger partial charge is 0.339 e. The van der Waals surface area contributed by atoms with Crippen LogP contribution in [0.15, 0.2) is 12.1 Å². The third kappa shape index (κ3) is 3.43. The van der Waals surface area contributed by atoms with Crippen molar-refractivity contribution in [1.82, 2.24) is 9.80 Å². The highest BCUT2D eigenvalue weighted by Crippen LogP contribution is 2.43. The number of carbonyl (C=O) groups is 1. The Morgan fingerprint density at radius 3 is 2.84 bits per heavy atom. The van der Waals surface area contributed by atoms with E-state index in [2.05, 4.69) is 9.80 Å².